The molecule has 0 amide bonds. The third kappa shape index (κ3) is 4.70. The fraction of sp³-hybridized carbons (Fsp3) is 0.136. The summed E-state index contributed by atoms with van der Waals surface area (Å²) in [5, 5.41) is 0. The Morgan fingerprint density at radius 2 is 1.52 bits per heavy atom. The molecule has 0 unspecified atom stereocenters. The summed E-state index contributed by atoms with van der Waals surface area (Å²) < 4.78 is 11.0. The lowest BCUT2D eigenvalue weighted by Crippen LogP contribution is -2.04. The van der Waals surface area contributed by atoms with E-state index in [0.717, 1.165) is 16.9 Å². The third-order valence-corrected chi connectivity index (χ3v) is 3.90. The number of hydrogen-bond donors (Lipinski definition) is 0. The van der Waals surface area contributed by atoms with Crippen molar-refractivity contribution in [3.8, 4) is 11.5 Å². The molecule has 3 aromatic rings. The fourth-order valence-corrected chi connectivity index (χ4v) is 2.57. The Kier molecular flexibility index (Phi) is 5.47. The first-order valence-corrected chi connectivity index (χ1v) is 8.17. The molecule has 0 radical (unpaired) electrons. The van der Waals surface area contributed by atoms with Crippen LogP contribution in [0.3, 0.4) is 0 Å². The maximum Gasteiger partial charge on any atom is 0.167 e. The third-order valence-electron chi connectivity index (χ3n) is 3.90. The van der Waals surface area contributed by atoms with Gasteiger partial charge >= 0.3 is 0 Å². The molecule has 0 saturated carbocycles. The van der Waals surface area contributed by atoms with E-state index >= 15 is 0 Å². The van der Waals surface area contributed by atoms with E-state index < -0.39 is 0 Å². The predicted molar refractivity (Wildman–Crippen MR) is 98.2 cm³/mol. The number of methoxy groups -OCH3 is 1. The van der Waals surface area contributed by atoms with Gasteiger partial charge in [-0.2, -0.15) is 0 Å². The molecule has 0 spiro atoms. The zero-order valence-electron chi connectivity index (χ0n) is 14.1. The Morgan fingerprint density at radius 1 is 0.800 bits per heavy atom. The normalized spacial score (nSPS) is 10.3. The van der Waals surface area contributed by atoms with Crippen molar-refractivity contribution >= 4 is 5.78 Å². The highest BCUT2D eigenvalue weighted by Gasteiger charge is 2.09. The summed E-state index contributed by atoms with van der Waals surface area (Å²) in [6.07, 6.45) is 0.333. The average molecular weight is 332 g/mol. The average Bonchev–Trinajstić information content (AvgIpc) is 2.67. The number of rotatable bonds is 7. The molecular formula is C22H20O3. The molecule has 0 fully saturated rings. The van der Waals surface area contributed by atoms with Gasteiger partial charge in [-0.3, -0.25) is 4.79 Å². The smallest absolute Gasteiger partial charge is 0.167 e. The molecule has 25 heavy (non-hydrogen) atoms. The Labute approximate surface area is 147 Å². The molecule has 126 valence electrons. The summed E-state index contributed by atoms with van der Waals surface area (Å²) in [5.74, 6) is 1.50. The van der Waals surface area contributed by atoms with Gasteiger partial charge in [-0.25, -0.2) is 0 Å². The zero-order chi connectivity index (χ0) is 17.5. The number of Topliss-reactive ketones (excluding diaryl/α,β-unsaturated/α-hetero) is 1. The summed E-state index contributed by atoms with van der Waals surface area (Å²) in [7, 11) is 1.62. The minimum absolute atomic E-state index is 0.0541. The van der Waals surface area contributed by atoms with E-state index in [4.69, 9.17) is 9.47 Å². The monoisotopic (exact) mass is 332 g/mol. The fourth-order valence-electron chi connectivity index (χ4n) is 2.57. The molecule has 0 aliphatic heterocycles. The van der Waals surface area contributed by atoms with Gasteiger partial charge in [0, 0.05) is 12.0 Å². The van der Waals surface area contributed by atoms with Crippen LogP contribution in [0.1, 0.15) is 21.5 Å². The van der Waals surface area contributed by atoms with E-state index in [2.05, 4.69) is 0 Å². The van der Waals surface area contributed by atoms with Crippen LogP contribution in [0.15, 0.2) is 78.9 Å². The van der Waals surface area contributed by atoms with Gasteiger partial charge in [0.2, 0.25) is 0 Å². The largest absolute Gasteiger partial charge is 0.497 e. The minimum atomic E-state index is 0.0541. The van der Waals surface area contributed by atoms with E-state index in [0.29, 0.717) is 24.3 Å². The Balaban J connectivity index is 1.66. The molecule has 0 bridgehead atoms. The highest BCUT2D eigenvalue weighted by molar-refractivity contribution is 5.97. The molecule has 0 N–H and O–H groups in total. The van der Waals surface area contributed by atoms with Gasteiger partial charge in [-0.1, -0.05) is 54.6 Å². The first kappa shape index (κ1) is 16.8. The quantitative estimate of drug-likeness (QED) is 0.588. The van der Waals surface area contributed by atoms with Gasteiger partial charge < -0.3 is 9.47 Å². The topological polar surface area (TPSA) is 35.5 Å². The van der Waals surface area contributed by atoms with Crippen molar-refractivity contribution in [2.45, 2.75) is 13.0 Å². The SMILES string of the molecule is COc1cccc(CC(=O)c2cccc(OCc3ccccc3)c2)c1. The van der Waals surface area contributed by atoms with Crippen LogP contribution in [0.25, 0.3) is 0 Å². The van der Waals surface area contributed by atoms with E-state index in [9.17, 15) is 4.79 Å². The molecule has 0 saturated heterocycles. The van der Waals surface area contributed by atoms with Gasteiger partial charge in [0.05, 0.1) is 7.11 Å². The molecular weight excluding hydrogens is 312 g/mol. The lowest BCUT2D eigenvalue weighted by atomic mass is 10.0. The summed E-state index contributed by atoms with van der Waals surface area (Å²) in [6, 6.07) is 24.8. The maximum absolute atomic E-state index is 12.5. The molecule has 3 aromatic carbocycles. The molecule has 0 heterocycles. The molecule has 3 nitrogen and oxygen atoms in total. The second-order valence-corrected chi connectivity index (χ2v) is 5.75. The van der Waals surface area contributed by atoms with E-state index in [1.54, 1.807) is 13.2 Å². The van der Waals surface area contributed by atoms with Crippen molar-refractivity contribution < 1.29 is 14.3 Å². The van der Waals surface area contributed by atoms with Crippen LogP contribution in [0, 0.1) is 0 Å². The lowest BCUT2D eigenvalue weighted by molar-refractivity contribution is 0.0992. The van der Waals surface area contributed by atoms with Gasteiger partial charge in [-0.05, 0) is 35.4 Å². The van der Waals surface area contributed by atoms with Gasteiger partial charge in [0.1, 0.15) is 18.1 Å². The van der Waals surface area contributed by atoms with Crippen LogP contribution in [-0.2, 0) is 13.0 Å². The molecule has 3 rings (SSSR count). The van der Waals surface area contributed by atoms with E-state index in [1.807, 2.05) is 72.8 Å². The van der Waals surface area contributed by atoms with E-state index in [1.165, 1.54) is 0 Å². The zero-order valence-corrected chi connectivity index (χ0v) is 14.1. The molecule has 3 heteroatoms. The van der Waals surface area contributed by atoms with Crippen LogP contribution < -0.4 is 9.47 Å². The maximum atomic E-state index is 12.5. The number of benzene rings is 3. The Bertz CT molecular complexity index is 841. The van der Waals surface area contributed by atoms with Gasteiger partial charge in [0.15, 0.2) is 5.78 Å². The highest BCUT2D eigenvalue weighted by atomic mass is 16.5. The van der Waals surface area contributed by atoms with Crippen molar-refractivity contribution in [2.75, 3.05) is 7.11 Å². The van der Waals surface area contributed by atoms with Crippen molar-refractivity contribution in [1.82, 2.24) is 0 Å². The van der Waals surface area contributed by atoms with Crippen molar-refractivity contribution in [3.63, 3.8) is 0 Å². The van der Waals surface area contributed by atoms with Crippen LogP contribution in [0.2, 0.25) is 0 Å². The summed E-state index contributed by atoms with van der Waals surface area (Å²) >= 11 is 0. The summed E-state index contributed by atoms with van der Waals surface area (Å²) in [4.78, 5) is 12.5. The molecule has 0 atom stereocenters. The predicted octanol–water partition coefficient (Wildman–Crippen LogP) is 4.70. The first-order valence-electron chi connectivity index (χ1n) is 8.17. The number of hydrogen-bond acceptors (Lipinski definition) is 3. The van der Waals surface area contributed by atoms with Crippen molar-refractivity contribution in [1.29, 1.82) is 0 Å². The number of carbonyl (C=O) groups excluding carboxylic acids is 1. The minimum Gasteiger partial charge on any atom is -0.497 e. The molecule has 0 aliphatic carbocycles. The van der Waals surface area contributed by atoms with Crippen LogP contribution in [-0.4, -0.2) is 12.9 Å². The standard InChI is InChI=1S/C22H20O3/c1-24-20-11-5-9-18(13-20)14-22(23)19-10-6-12-21(15-19)25-16-17-7-3-2-4-8-17/h2-13,15H,14,16H2,1H3. The number of carbonyl (C=O) groups is 1. The highest BCUT2D eigenvalue weighted by Crippen LogP contribution is 2.18. The van der Waals surface area contributed by atoms with Crippen LogP contribution in [0.4, 0.5) is 0 Å². The Morgan fingerprint density at radius 3 is 2.32 bits per heavy atom. The van der Waals surface area contributed by atoms with Gasteiger partial charge in [-0.15, -0.1) is 0 Å². The van der Waals surface area contributed by atoms with E-state index in [-0.39, 0.29) is 5.78 Å². The lowest BCUT2D eigenvalue weighted by Gasteiger charge is -2.08. The summed E-state index contributed by atoms with van der Waals surface area (Å²) in [6.45, 7) is 0.481. The second kappa shape index (κ2) is 8.15. The number of ether oxygens (including phenoxy) is 2. The Hall–Kier alpha value is -3.07. The van der Waals surface area contributed by atoms with Gasteiger partial charge in [0.25, 0.3) is 0 Å². The molecule has 0 aliphatic rings. The van der Waals surface area contributed by atoms with Crippen molar-refractivity contribution in [3.05, 3.63) is 95.6 Å². The van der Waals surface area contributed by atoms with Crippen molar-refractivity contribution in [2.24, 2.45) is 0 Å². The summed E-state index contributed by atoms with van der Waals surface area (Å²) in [5.41, 5.74) is 2.67. The first-order chi connectivity index (χ1) is 12.2. The second-order valence-electron chi connectivity index (χ2n) is 5.75. The molecule has 0 aromatic heterocycles. The van der Waals surface area contributed by atoms with Crippen LogP contribution >= 0.6 is 0 Å². The van der Waals surface area contributed by atoms with Crippen LogP contribution in [0.5, 0.6) is 11.5 Å². The number of ketones is 1.